The van der Waals surface area contributed by atoms with E-state index in [1.807, 2.05) is 6.92 Å². The largest absolute Gasteiger partial charge is 0.352 e. The number of nitrogens with one attached hydrogen (secondary N) is 2. The fourth-order valence-corrected chi connectivity index (χ4v) is 1.55. The molecule has 0 spiro atoms. The van der Waals surface area contributed by atoms with Gasteiger partial charge in [0.05, 0.1) is 0 Å². The predicted molar refractivity (Wildman–Crippen MR) is 53.4 cm³/mol. The number of piperidine rings is 1. The maximum absolute atomic E-state index is 11.1. The second kappa shape index (κ2) is 5.75. The Morgan fingerprint density at radius 3 is 3.15 bits per heavy atom. The molecule has 0 saturated carbocycles. The zero-order valence-electron chi connectivity index (χ0n) is 8.18. The Morgan fingerprint density at radius 1 is 1.69 bits per heavy atom. The Balaban J connectivity index is 2.13. The van der Waals surface area contributed by atoms with E-state index >= 15 is 0 Å². The van der Waals surface area contributed by atoms with E-state index < -0.39 is 0 Å². The van der Waals surface area contributed by atoms with Gasteiger partial charge in [-0.2, -0.15) is 0 Å². The summed E-state index contributed by atoms with van der Waals surface area (Å²) in [5, 5.41) is 6.21. The molecule has 2 N–H and O–H groups in total. The zero-order valence-corrected chi connectivity index (χ0v) is 8.18. The average Bonchev–Trinajstić information content (AvgIpc) is 2.17. The van der Waals surface area contributed by atoms with Crippen molar-refractivity contribution in [3.63, 3.8) is 0 Å². The highest BCUT2D eigenvalue weighted by atomic mass is 16.1. The van der Waals surface area contributed by atoms with Gasteiger partial charge >= 0.3 is 0 Å². The lowest BCUT2D eigenvalue weighted by Crippen LogP contribution is -2.37. The van der Waals surface area contributed by atoms with Crippen molar-refractivity contribution in [2.24, 2.45) is 5.92 Å². The van der Waals surface area contributed by atoms with Crippen molar-refractivity contribution >= 4 is 5.91 Å². The van der Waals surface area contributed by atoms with Crippen LogP contribution in [0.1, 0.15) is 19.8 Å². The number of hydrogen-bond donors (Lipinski definition) is 2. The van der Waals surface area contributed by atoms with Crippen molar-refractivity contribution in [2.45, 2.75) is 19.8 Å². The summed E-state index contributed by atoms with van der Waals surface area (Å²) in [6.07, 6.45) is 5.78. The quantitative estimate of drug-likeness (QED) is 0.630. The van der Waals surface area contributed by atoms with Crippen LogP contribution in [0.4, 0.5) is 0 Å². The van der Waals surface area contributed by atoms with Gasteiger partial charge < -0.3 is 10.6 Å². The van der Waals surface area contributed by atoms with Crippen LogP contribution in [-0.2, 0) is 4.79 Å². The summed E-state index contributed by atoms with van der Waals surface area (Å²) in [5.41, 5.74) is 0. The highest BCUT2D eigenvalue weighted by molar-refractivity contribution is 5.87. The fourth-order valence-electron chi connectivity index (χ4n) is 1.55. The highest BCUT2D eigenvalue weighted by Gasteiger charge is 2.12. The molecule has 1 unspecified atom stereocenters. The van der Waals surface area contributed by atoms with E-state index in [0.29, 0.717) is 5.92 Å². The van der Waals surface area contributed by atoms with Crippen LogP contribution in [0, 0.1) is 5.92 Å². The number of hydrogen-bond acceptors (Lipinski definition) is 2. The summed E-state index contributed by atoms with van der Waals surface area (Å²) in [4.78, 5) is 11.1. The molecule has 1 aliphatic rings. The number of amides is 1. The Bertz CT molecular complexity index is 183. The van der Waals surface area contributed by atoms with Gasteiger partial charge in [0, 0.05) is 6.54 Å². The van der Waals surface area contributed by atoms with Gasteiger partial charge in [0.2, 0.25) is 5.91 Å². The van der Waals surface area contributed by atoms with Crippen LogP contribution in [0.2, 0.25) is 0 Å². The van der Waals surface area contributed by atoms with E-state index in [2.05, 4.69) is 10.6 Å². The predicted octanol–water partition coefficient (Wildman–Crippen LogP) is 0.678. The summed E-state index contributed by atoms with van der Waals surface area (Å²) in [6, 6.07) is 0. The first-order valence-corrected chi connectivity index (χ1v) is 4.94. The maximum Gasteiger partial charge on any atom is 0.243 e. The van der Waals surface area contributed by atoms with E-state index in [1.54, 1.807) is 12.2 Å². The molecule has 0 aromatic heterocycles. The third-order valence-corrected chi connectivity index (χ3v) is 2.28. The molecule has 1 aliphatic heterocycles. The van der Waals surface area contributed by atoms with Crippen LogP contribution in [0.25, 0.3) is 0 Å². The van der Waals surface area contributed by atoms with Gasteiger partial charge in [-0.05, 0) is 44.8 Å². The van der Waals surface area contributed by atoms with E-state index in [4.69, 9.17) is 0 Å². The first-order chi connectivity index (χ1) is 6.33. The van der Waals surface area contributed by atoms with Gasteiger partial charge in [0.15, 0.2) is 0 Å². The van der Waals surface area contributed by atoms with Crippen LogP contribution in [0.5, 0.6) is 0 Å². The second-order valence-electron chi connectivity index (χ2n) is 3.46. The van der Waals surface area contributed by atoms with Crippen molar-refractivity contribution in [2.75, 3.05) is 19.6 Å². The van der Waals surface area contributed by atoms with Crippen molar-refractivity contribution in [3.05, 3.63) is 12.2 Å². The summed E-state index contributed by atoms with van der Waals surface area (Å²) in [7, 11) is 0. The number of rotatable bonds is 3. The average molecular weight is 182 g/mol. The van der Waals surface area contributed by atoms with E-state index in [1.165, 1.54) is 12.8 Å². The molecule has 1 saturated heterocycles. The molecule has 13 heavy (non-hydrogen) atoms. The minimum Gasteiger partial charge on any atom is -0.352 e. The molecule has 1 rings (SSSR count). The lowest BCUT2D eigenvalue weighted by Gasteiger charge is -2.22. The van der Waals surface area contributed by atoms with Crippen LogP contribution in [0.15, 0.2) is 12.2 Å². The standard InChI is InChI=1S/C10H18N2O/c1-2-4-10(13)12-8-9-5-3-6-11-7-9/h2,4,9,11H,3,5-8H2,1H3,(H,12,13)/b4-2+. The molecule has 3 heteroatoms. The van der Waals surface area contributed by atoms with Crippen LogP contribution in [0.3, 0.4) is 0 Å². The zero-order chi connectivity index (χ0) is 9.52. The van der Waals surface area contributed by atoms with Gasteiger partial charge in [-0.3, -0.25) is 4.79 Å². The molecule has 0 aromatic rings. The smallest absolute Gasteiger partial charge is 0.243 e. The monoisotopic (exact) mass is 182 g/mol. The molecule has 1 heterocycles. The number of allylic oxidation sites excluding steroid dienone is 1. The highest BCUT2D eigenvalue weighted by Crippen LogP contribution is 2.07. The van der Waals surface area contributed by atoms with Crippen LogP contribution >= 0.6 is 0 Å². The normalized spacial score (nSPS) is 23.3. The Kier molecular flexibility index (Phi) is 4.54. The molecule has 1 atom stereocenters. The molecule has 0 aromatic carbocycles. The van der Waals surface area contributed by atoms with E-state index in [9.17, 15) is 4.79 Å². The van der Waals surface area contributed by atoms with Gasteiger partial charge in [0.25, 0.3) is 0 Å². The van der Waals surface area contributed by atoms with Crippen molar-refractivity contribution in [3.8, 4) is 0 Å². The van der Waals surface area contributed by atoms with Crippen LogP contribution < -0.4 is 10.6 Å². The molecule has 1 amide bonds. The van der Waals surface area contributed by atoms with Crippen molar-refractivity contribution < 1.29 is 4.79 Å². The Morgan fingerprint density at radius 2 is 2.54 bits per heavy atom. The summed E-state index contributed by atoms with van der Waals surface area (Å²) >= 11 is 0. The van der Waals surface area contributed by atoms with Gasteiger partial charge in [-0.1, -0.05) is 6.08 Å². The number of carbonyl (C=O) groups excluding carboxylic acids is 1. The van der Waals surface area contributed by atoms with Gasteiger partial charge in [0.1, 0.15) is 0 Å². The molecular formula is C10H18N2O. The molecule has 74 valence electrons. The fraction of sp³-hybridized carbons (Fsp3) is 0.700. The molecule has 0 aliphatic carbocycles. The maximum atomic E-state index is 11.1. The minimum atomic E-state index is 0.0214. The van der Waals surface area contributed by atoms with Crippen molar-refractivity contribution in [1.82, 2.24) is 10.6 Å². The Hall–Kier alpha value is -0.830. The Labute approximate surface area is 79.6 Å². The SMILES string of the molecule is C/C=C/C(=O)NCC1CCCNC1. The lowest BCUT2D eigenvalue weighted by molar-refractivity contribution is -0.116. The molecule has 3 nitrogen and oxygen atoms in total. The van der Waals surface area contributed by atoms with Gasteiger partial charge in [-0.25, -0.2) is 0 Å². The van der Waals surface area contributed by atoms with Crippen molar-refractivity contribution in [1.29, 1.82) is 0 Å². The molecule has 0 bridgehead atoms. The first kappa shape index (κ1) is 10.3. The van der Waals surface area contributed by atoms with E-state index in [0.717, 1.165) is 19.6 Å². The molecule has 1 fully saturated rings. The topological polar surface area (TPSA) is 41.1 Å². The lowest BCUT2D eigenvalue weighted by atomic mass is 10.00. The van der Waals surface area contributed by atoms with Crippen LogP contribution in [-0.4, -0.2) is 25.5 Å². The summed E-state index contributed by atoms with van der Waals surface area (Å²) in [5.74, 6) is 0.635. The third kappa shape index (κ3) is 4.08. The molecule has 0 radical (unpaired) electrons. The number of carbonyl (C=O) groups is 1. The van der Waals surface area contributed by atoms with E-state index in [-0.39, 0.29) is 5.91 Å². The van der Waals surface area contributed by atoms with Gasteiger partial charge in [-0.15, -0.1) is 0 Å². The second-order valence-corrected chi connectivity index (χ2v) is 3.46. The molecular weight excluding hydrogens is 164 g/mol. The first-order valence-electron chi connectivity index (χ1n) is 4.94. The minimum absolute atomic E-state index is 0.0214. The third-order valence-electron chi connectivity index (χ3n) is 2.28. The summed E-state index contributed by atoms with van der Waals surface area (Å²) < 4.78 is 0. The summed E-state index contributed by atoms with van der Waals surface area (Å²) in [6.45, 7) is 4.81.